The Morgan fingerprint density at radius 3 is 2.59 bits per heavy atom. The molecule has 2 rings (SSSR count). The second-order valence-electron chi connectivity index (χ2n) is 3.98. The third-order valence-electron chi connectivity index (χ3n) is 2.60. The van der Waals surface area contributed by atoms with Crippen LogP contribution in [0.1, 0.15) is 16.8 Å². The van der Waals surface area contributed by atoms with Crippen LogP contribution < -0.4 is 4.74 Å². The van der Waals surface area contributed by atoms with E-state index in [1.54, 1.807) is 13.1 Å². The molecule has 0 spiro atoms. The second kappa shape index (κ2) is 4.87. The zero-order chi connectivity index (χ0) is 12.3. The summed E-state index contributed by atoms with van der Waals surface area (Å²) in [6, 6.07) is 9.84. The molecule has 0 aliphatic heterocycles. The van der Waals surface area contributed by atoms with Gasteiger partial charge in [0.25, 0.3) is 0 Å². The number of aromatic nitrogens is 1. The average molecular weight is 229 g/mol. The van der Waals surface area contributed by atoms with E-state index in [0.29, 0.717) is 18.1 Å². The van der Waals surface area contributed by atoms with Crippen LogP contribution in [0.15, 0.2) is 36.5 Å². The first-order chi connectivity index (χ1) is 8.18. The number of aromatic hydroxyl groups is 1. The van der Waals surface area contributed by atoms with Crippen LogP contribution in [0.5, 0.6) is 11.5 Å². The lowest BCUT2D eigenvalue weighted by Crippen LogP contribution is -1.99. The number of ether oxygens (including phenoxy) is 1. The van der Waals surface area contributed by atoms with Gasteiger partial charge in [-0.15, -0.1) is 0 Å². The number of hydrogen-bond acceptors (Lipinski definition) is 3. The fraction of sp³-hybridized carbons (Fsp3) is 0.214. The molecule has 88 valence electrons. The van der Waals surface area contributed by atoms with Crippen LogP contribution in [-0.2, 0) is 6.61 Å². The van der Waals surface area contributed by atoms with Crippen molar-refractivity contribution in [1.82, 2.24) is 4.98 Å². The first kappa shape index (κ1) is 11.5. The van der Waals surface area contributed by atoms with E-state index in [4.69, 9.17) is 4.74 Å². The van der Waals surface area contributed by atoms with Gasteiger partial charge in [0.05, 0.1) is 5.69 Å². The number of pyridine rings is 1. The molecule has 2 aromatic rings. The Morgan fingerprint density at radius 1 is 1.18 bits per heavy atom. The molecule has 0 saturated heterocycles. The minimum absolute atomic E-state index is 0.174. The molecule has 1 N–H and O–H groups in total. The molecular formula is C14H15NO2. The summed E-state index contributed by atoms with van der Waals surface area (Å²) in [6.45, 7) is 4.05. The van der Waals surface area contributed by atoms with Gasteiger partial charge in [0.15, 0.2) is 11.5 Å². The summed E-state index contributed by atoms with van der Waals surface area (Å²) in [5.41, 5.74) is 2.48. The topological polar surface area (TPSA) is 42.4 Å². The number of nitrogens with zero attached hydrogens (tertiary/aromatic N) is 1. The van der Waals surface area contributed by atoms with E-state index in [2.05, 4.69) is 4.98 Å². The summed E-state index contributed by atoms with van der Waals surface area (Å²) < 4.78 is 5.62. The normalized spacial score (nSPS) is 10.2. The maximum Gasteiger partial charge on any atom is 0.182 e. The Morgan fingerprint density at radius 2 is 1.88 bits per heavy atom. The molecule has 0 amide bonds. The van der Waals surface area contributed by atoms with Gasteiger partial charge in [0, 0.05) is 11.8 Å². The van der Waals surface area contributed by atoms with Crippen LogP contribution in [0.25, 0.3) is 0 Å². The zero-order valence-corrected chi connectivity index (χ0v) is 9.97. The van der Waals surface area contributed by atoms with Crippen molar-refractivity contribution in [3.05, 3.63) is 53.3 Å². The smallest absolute Gasteiger partial charge is 0.182 e. The Hall–Kier alpha value is -2.03. The van der Waals surface area contributed by atoms with Crippen molar-refractivity contribution in [2.24, 2.45) is 0 Å². The standard InChI is InChI=1S/C14H15NO2/c1-10-8-15-11(2)14(13(10)16)17-9-12-6-4-3-5-7-12/h3-8H,9H2,1-2H3,(H,15,16). The van der Waals surface area contributed by atoms with E-state index in [-0.39, 0.29) is 5.75 Å². The van der Waals surface area contributed by atoms with E-state index in [0.717, 1.165) is 11.1 Å². The zero-order valence-electron chi connectivity index (χ0n) is 9.97. The second-order valence-corrected chi connectivity index (χ2v) is 3.98. The molecule has 0 bridgehead atoms. The van der Waals surface area contributed by atoms with Gasteiger partial charge in [0.1, 0.15) is 6.61 Å². The Kier molecular flexibility index (Phi) is 3.28. The van der Waals surface area contributed by atoms with Crippen LogP contribution in [0, 0.1) is 13.8 Å². The van der Waals surface area contributed by atoms with Gasteiger partial charge in [-0.1, -0.05) is 30.3 Å². The van der Waals surface area contributed by atoms with E-state index in [1.165, 1.54) is 0 Å². The van der Waals surface area contributed by atoms with Crippen LogP contribution in [0.3, 0.4) is 0 Å². The number of rotatable bonds is 3. The molecule has 3 nitrogen and oxygen atoms in total. The van der Waals surface area contributed by atoms with Gasteiger partial charge in [-0.25, -0.2) is 0 Å². The lowest BCUT2D eigenvalue weighted by Gasteiger charge is -2.11. The van der Waals surface area contributed by atoms with Crippen LogP contribution in [0.2, 0.25) is 0 Å². The molecule has 1 aromatic carbocycles. The highest BCUT2D eigenvalue weighted by Gasteiger charge is 2.10. The minimum atomic E-state index is 0.174. The molecule has 0 unspecified atom stereocenters. The molecule has 0 aliphatic carbocycles. The van der Waals surface area contributed by atoms with Crippen LogP contribution >= 0.6 is 0 Å². The third-order valence-corrected chi connectivity index (χ3v) is 2.60. The summed E-state index contributed by atoms with van der Waals surface area (Å²) in [6.07, 6.45) is 1.64. The molecule has 0 saturated carbocycles. The maximum absolute atomic E-state index is 9.89. The largest absolute Gasteiger partial charge is 0.504 e. The Bertz CT molecular complexity index is 509. The quantitative estimate of drug-likeness (QED) is 0.879. The fourth-order valence-electron chi connectivity index (χ4n) is 1.57. The van der Waals surface area contributed by atoms with Crippen LogP contribution in [-0.4, -0.2) is 10.1 Å². The number of aryl methyl sites for hydroxylation is 2. The van der Waals surface area contributed by atoms with Crippen molar-refractivity contribution in [3.63, 3.8) is 0 Å². The van der Waals surface area contributed by atoms with Gasteiger partial charge >= 0.3 is 0 Å². The molecule has 3 heteroatoms. The lowest BCUT2D eigenvalue weighted by atomic mass is 10.2. The van der Waals surface area contributed by atoms with Gasteiger partial charge in [-0.05, 0) is 19.4 Å². The fourth-order valence-corrected chi connectivity index (χ4v) is 1.57. The maximum atomic E-state index is 9.89. The third kappa shape index (κ3) is 2.56. The molecule has 0 aliphatic rings. The van der Waals surface area contributed by atoms with Gasteiger partial charge in [-0.3, -0.25) is 4.98 Å². The van der Waals surface area contributed by atoms with Gasteiger partial charge in [0.2, 0.25) is 0 Å². The lowest BCUT2D eigenvalue weighted by molar-refractivity contribution is 0.284. The van der Waals surface area contributed by atoms with Crippen molar-refractivity contribution in [2.75, 3.05) is 0 Å². The van der Waals surface area contributed by atoms with E-state index < -0.39 is 0 Å². The van der Waals surface area contributed by atoms with Gasteiger partial charge < -0.3 is 9.84 Å². The summed E-state index contributed by atoms with van der Waals surface area (Å²) in [4.78, 5) is 4.17. The first-order valence-corrected chi connectivity index (χ1v) is 5.50. The highest BCUT2D eigenvalue weighted by Crippen LogP contribution is 2.31. The summed E-state index contributed by atoms with van der Waals surface area (Å²) in [7, 11) is 0. The van der Waals surface area contributed by atoms with Crippen molar-refractivity contribution in [3.8, 4) is 11.5 Å². The monoisotopic (exact) mass is 229 g/mol. The summed E-state index contributed by atoms with van der Waals surface area (Å²) in [5.74, 6) is 0.641. The Balaban J connectivity index is 2.17. The molecular weight excluding hydrogens is 214 g/mol. The highest BCUT2D eigenvalue weighted by atomic mass is 16.5. The van der Waals surface area contributed by atoms with E-state index >= 15 is 0 Å². The molecule has 0 radical (unpaired) electrons. The van der Waals surface area contributed by atoms with Crippen molar-refractivity contribution in [2.45, 2.75) is 20.5 Å². The first-order valence-electron chi connectivity index (χ1n) is 5.50. The Labute approximate surface area is 101 Å². The number of hydrogen-bond donors (Lipinski definition) is 1. The van der Waals surface area contributed by atoms with Crippen LogP contribution in [0.4, 0.5) is 0 Å². The predicted octanol–water partition coefficient (Wildman–Crippen LogP) is 2.98. The highest BCUT2D eigenvalue weighted by molar-refractivity contribution is 5.46. The molecule has 1 heterocycles. The van der Waals surface area contributed by atoms with Crippen molar-refractivity contribution >= 4 is 0 Å². The minimum Gasteiger partial charge on any atom is -0.504 e. The molecule has 17 heavy (non-hydrogen) atoms. The molecule has 0 atom stereocenters. The van der Waals surface area contributed by atoms with Crippen molar-refractivity contribution in [1.29, 1.82) is 0 Å². The number of benzene rings is 1. The van der Waals surface area contributed by atoms with Gasteiger partial charge in [-0.2, -0.15) is 0 Å². The summed E-state index contributed by atoms with van der Waals surface area (Å²) >= 11 is 0. The van der Waals surface area contributed by atoms with Crippen molar-refractivity contribution < 1.29 is 9.84 Å². The molecule has 1 aromatic heterocycles. The SMILES string of the molecule is Cc1cnc(C)c(OCc2ccccc2)c1O. The predicted molar refractivity (Wildman–Crippen MR) is 66.1 cm³/mol. The van der Waals surface area contributed by atoms with E-state index in [1.807, 2.05) is 37.3 Å². The average Bonchev–Trinajstić information content (AvgIpc) is 2.35. The summed E-state index contributed by atoms with van der Waals surface area (Å²) in [5, 5.41) is 9.89. The van der Waals surface area contributed by atoms with E-state index in [9.17, 15) is 5.11 Å². The molecule has 0 fully saturated rings.